The van der Waals surface area contributed by atoms with Gasteiger partial charge in [-0.25, -0.2) is 0 Å². The van der Waals surface area contributed by atoms with Gasteiger partial charge in [0.05, 0.1) is 16.3 Å². The summed E-state index contributed by atoms with van der Waals surface area (Å²) >= 11 is 9.52. The molecule has 0 unspecified atom stereocenters. The molecule has 104 valence electrons. The second-order valence-corrected chi connectivity index (χ2v) is 5.60. The third-order valence-electron chi connectivity index (χ3n) is 2.74. The zero-order valence-corrected chi connectivity index (χ0v) is 12.8. The lowest BCUT2D eigenvalue weighted by atomic mass is 10.1. The lowest BCUT2D eigenvalue weighted by Gasteiger charge is -2.13. The molecule has 0 aliphatic heterocycles. The Labute approximate surface area is 130 Å². The molecule has 0 fully saturated rings. The fourth-order valence-electron chi connectivity index (χ4n) is 1.84. The molecule has 5 N–H and O–H groups in total. The van der Waals surface area contributed by atoms with E-state index in [4.69, 9.17) is 23.1 Å². The molecule has 0 aliphatic rings. The van der Waals surface area contributed by atoms with Crippen molar-refractivity contribution < 1.29 is 4.79 Å². The fraction of sp³-hybridized carbons (Fsp3) is 0.0714. The van der Waals surface area contributed by atoms with Crippen molar-refractivity contribution in [2.75, 3.05) is 11.1 Å². The first-order chi connectivity index (χ1) is 9.47. The molecule has 0 saturated carbocycles. The number of benzene rings is 2. The van der Waals surface area contributed by atoms with E-state index >= 15 is 0 Å². The molecule has 0 bridgehead atoms. The fourth-order valence-corrected chi connectivity index (χ4v) is 2.58. The number of rotatable bonds is 4. The van der Waals surface area contributed by atoms with Gasteiger partial charge in [-0.1, -0.05) is 39.7 Å². The number of hydrogen-bond donors (Lipinski definition) is 3. The number of carbonyl (C=O) groups excluding carboxylic acids is 1. The average molecular weight is 355 g/mol. The highest BCUT2D eigenvalue weighted by Crippen LogP contribution is 2.29. The smallest absolute Gasteiger partial charge is 0.250 e. The highest BCUT2D eigenvalue weighted by Gasteiger charge is 2.13. The lowest BCUT2D eigenvalue weighted by molar-refractivity contribution is 0.100. The quantitative estimate of drug-likeness (QED) is 0.736. The Morgan fingerprint density at radius 3 is 2.70 bits per heavy atom. The van der Waals surface area contributed by atoms with Crippen LogP contribution in [0.25, 0.3) is 0 Å². The second kappa shape index (κ2) is 6.15. The predicted molar refractivity (Wildman–Crippen MR) is 85.9 cm³/mol. The monoisotopic (exact) mass is 353 g/mol. The number of halogens is 2. The van der Waals surface area contributed by atoms with Gasteiger partial charge in [-0.15, -0.1) is 0 Å². The number of anilines is 2. The standard InChI is InChI=1S/C14H13BrClN3O/c15-9-3-1-2-8(4-9)7-19-13-11(14(18)20)5-10(17)6-12(13)16/h1-6,19H,7,17H2,(H2,18,20). The normalized spacial score (nSPS) is 10.3. The summed E-state index contributed by atoms with van der Waals surface area (Å²) in [5.74, 6) is -0.573. The lowest BCUT2D eigenvalue weighted by Crippen LogP contribution is -2.15. The summed E-state index contributed by atoms with van der Waals surface area (Å²) in [6.45, 7) is 0.517. The molecule has 4 nitrogen and oxygen atoms in total. The largest absolute Gasteiger partial charge is 0.399 e. The van der Waals surface area contributed by atoms with E-state index in [9.17, 15) is 4.79 Å². The number of carbonyl (C=O) groups is 1. The minimum Gasteiger partial charge on any atom is -0.399 e. The van der Waals surface area contributed by atoms with Gasteiger partial charge in [-0.2, -0.15) is 0 Å². The van der Waals surface area contributed by atoms with E-state index in [1.54, 1.807) is 6.07 Å². The Morgan fingerprint density at radius 2 is 2.05 bits per heavy atom. The maximum atomic E-state index is 11.5. The molecule has 2 rings (SSSR count). The minimum atomic E-state index is -0.573. The van der Waals surface area contributed by atoms with Crippen LogP contribution < -0.4 is 16.8 Å². The molecule has 0 atom stereocenters. The number of amides is 1. The van der Waals surface area contributed by atoms with Gasteiger partial charge in [0.15, 0.2) is 0 Å². The summed E-state index contributed by atoms with van der Waals surface area (Å²) in [6.07, 6.45) is 0. The topological polar surface area (TPSA) is 81.1 Å². The van der Waals surface area contributed by atoms with Gasteiger partial charge in [0.2, 0.25) is 0 Å². The van der Waals surface area contributed by atoms with E-state index in [1.165, 1.54) is 6.07 Å². The summed E-state index contributed by atoms with van der Waals surface area (Å²) in [5.41, 5.74) is 13.2. The summed E-state index contributed by atoms with van der Waals surface area (Å²) in [4.78, 5) is 11.5. The number of nitrogens with one attached hydrogen (secondary N) is 1. The van der Waals surface area contributed by atoms with Gasteiger partial charge in [0, 0.05) is 16.7 Å². The molecule has 0 radical (unpaired) electrons. The third kappa shape index (κ3) is 3.43. The second-order valence-electron chi connectivity index (χ2n) is 4.27. The molecule has 6 heteroatoms. The molecule has 20 heavy (non-hydrogen) atoms. The zero-order valence-electron chi connectivity index (χ0n) is 10.5. The van der Waals surface area contributed by atoms with Crippen molar-refractivity contribution >= 4 is 44.8 Å². The Morgan fingerprint density at radius 1 is 1.30 bits per heavy atom. The van der Waals surface area contributed by atoms with Crippen LogP contribution >= 0.6 is 27.5 Å². The van der Waals surface area contributed by atoms with E-state index in [0.29, 0.717) is 22.9 Å². The molecule has 0 aliphatic carbocycles. The van der Waals surface area contributed by atoms with Gasteiger partial charge in [0.25, 0.3) is 5.91 Å². The highest BCUT2D eigenvalue weighted by molar-refractivity contribution is 9.10. The van der Waals surface area contributed by atoms with Gasteiger partial charge in [-0.05, 0) is 29.8 Å². The van der Waals surface area contributed by atoms with Crippen molar-refractivity contribution in [1.82, 2.24) is 0 Å². The van der Waals surface area contributed by atoms with Crippen molar-refractivity contribution in [2.24, 2.45) is 5.73 Å². The first-order valence-corrected chi connectivity index (χ1v) is 7.01. The number of primary amides is 1. The molecule has 0 heterocycles. The molecule has 1 amide bonds. The molecule has 2 aromatic rings. The van der Waals surface area contributed by atoms with Crippen LogP contribution in [0, 0.1) is 0 Å². The molecule has 0 aromatic heterocycles. The van der Waals surface area contributed by atoms with E-state index in [0.717, 1.165) is 10.0 Å². The van der Waals surface area contributed by atoms with Crippen LogP contribution in [0.5, 0.6) is 0 Å². The van der Waals surface area contributed by atoms with Crippen LogP contribution in [0.15, 0.2) is 40.9 Å². The van der Waals surface area contributed by atoms with E-state index < -0.39 is 5.91 Å². The van der Waals surface area contributed by atoms with Gasteiger partial charge in [-0.3, -0.25) is 4.79 Å². The zero-order chi connectivity index (χ0) is 14.7. The average Bonchev–Trinajstić information content (AvgIpc) is 2.36. The van der Waals surface area contributed by atoms with Crippen molar-refractivity contribution in [3.63, 3.8) is 0 Å². The highest BCUT2D eigenvalue weighted by atomic mass is 79.9. The van der Waals surface area contributed by atoms with Gasteiger partial charge < -0.3 is 16.8 Å². The van der Waals surface area contributed by atoms with Crippen LogP contribution in [0.4, 0.5) is 11.4 Å². The number of nitrogens with two attached hydrogens (primary N) is 2. The van der Waals surface area contributed by atoms with Crippen molar-refractivity contribution in [2.45, 2.75) is 6.54 Å². The summed E-state index contributed by atoms with van der Waals surface area (Å²) in [7, 11) is 0. The SMILES string of the molecule is NC(=O)c1cc(N)cc(Cl)c1NCc1cccc(Br)c1. The van der Waals surface area contributed by atoms with Gasteiger partial charge >= 0.3 is 0 Å². The van der Waals surface area contributed by atoms with Crippen LogP contribution in [0.1, 0.15) is 15.9 Å². The summed E-state index contributed by atoms with van der Waals surface area (Å²) in [6, 6.07) is 10.9. The van der Waals surface area contributed by atoms with Crippen LogP contribution in [0.2, 0.25) is 5.02 Å². The molecule has 2 aromatic carbocycles. The Hall–Kier alpha value is -1.72. The number of hydrogen-bond acceptors (Lipinski definition) is 3. The summed E-state index contributed by atoms with van der Waals surface area (Å²) in [5, 5.41) is 3.49. The third-order valence-corrected chi connectivity index (χ3v) is 3.53. The minimum absolute atomic E-state index is 0.282. The van der Waals surface area contributed by atoms with Crippen LogP contribution in [0.3, 0.4) is 0 Å². The molecule has 0 spiro atoms. The Balaban J connectivity index is 2.27. The van der Waals surface area contributed by atoms with Crippen molar-refractivity contribution in [3.8, 4) is 0 Å². The van der Waals surface area contributed by atoms with E-state index in [1.807, 2.05) is 24.3 Å². The van der Waals surface area contributed by atoms with Crippen LogP contribution in [-0.2, 0) is 6.54 Å². The maximum Gasteiger partial charge on any atom is 0.250 e. The van der Waals surface area contributed by atoms with E-state index in [2.05, 4.69) is 21.2 Å². The first-order valence-electron chi connectivity index (χ1n) is 5.84. The predicted octanol–water partition coefficient (Wildman–Crippen LogP) is 3.40. The van der Waals surface area contributed by atoms with Crippen molar-refractivity contribution in [1.29, 1.82) is 0 Å². The maximum absolute atomic E-state index is 11.5. The summed E-state index contributed by atoms with van der Waals surface area (Å²) < 4.78 is 0.982. The van der Waals surface area contributed by atoms with Crippen LogP contribution in [-0.4, -0.2) is 5.91 Å². The van der Waals surface area contributed by atoms with Crippen molar-refractivity contribution in [3.05, 3.63) is 57.0 Å². The van der Waals surface area contributed by atoms with Gasteiger partial charge in [0.1, 0.15) is 0 Å². The number of nitrogen functional groups attached to an aromatic ring is 1. The molecule has 0 saturated heterocycles. The van der Waals surface area contributed by atoms with E-state index in [-0.39, 0.29) is 5.56 Å². The Bertz CT molecular complexity index is 661. The first kappa shape index (κ1) is 14.7. The molecular weight excluding hydrogens is 342 g/mol. The Kier molecular flexibility index (Phi) is 4.52. The molecular formula is C14H13BrClN3O.